The molecule has 0 bridgehead atoms. The van der Waals surface area contributed by atoms with Crippen LogP contribution in [0.1, 0.15) is 39.6 Å². The number of hydrogen-bond acceptors (Lipinski definition) is 2. The van der Waals surface area contributed by atoms with Gasteiger partial charge in [0.2, 0.25) is 0 Å². The maximum atomic E-state index is 13.2. The lowest BCUT2D eigenvalue weighted by atomic mass is 9.93. The Bertz CT molecular complexity index is 966. The highest BCUT2D eigenvalue weighted by molar-refractivity contribution is 6.06. The number of carbonyl (C=O) groups excluding carboxylic acids is 1. The standard InChI is InChI=1S/C21H19FN2O/c1-13-3-8-19-17(11-13)18(12-14(2)23-19)21(25)24-10-9-20(24)15-4-6-16(22)7-5-15/h3-8,11-12,20H,9-10H2,1-2H3. The first-order chi connectivity index (χ1) is 12.0. The van der Waals surface area contributed by atoms with Gasteiger partial charge >= 0.3 is 0 Å². The monoisotopic (exact) mass is 334 g/mol. The second-order valence-corrected chi connectivity index (χ2v) is 6.69. The summed E-state index contributed by atoms with van der Waals surface area (Å²) in [5, 5.41) is 0.889. The van der Waals surface area contributed by atoms with Crippen molar-refractivity contribution < 1.29 is 9.18 Å². The fraction of sp³-hybridized carbons (Fsp3) is 0.238. The van der Waals surface area contributed by atoms with Crippen molar-refractivity contribution in [3.63, 3.8) is 0 Å². The first-order valence-electron chi connectivity index (χ1n) is 8.47. The molecule has 1 fully saturated rings. The van der Waals surface area contributed by atoms with Gasteiger partial charge in [0, 0.05) is 17.6 Å². The zero-order chi connectivity index (χ0) is 17.6. The lowest BCUT2D eigenvalue weighted by Gasteiger charge is -2.41. The molecule has 1 amide bonds. The number of fused-ring (bicyclic) bond motifs is 1. The number of benzene rings is 2. The molecule has 2 heterocycles. The fourth-order valence-corrected chi connectivity index (χ4v) is 3.47. The van der Waals surface area contributed by atoms with Crippen LogP contribution in [0.4, 0.5) is 4.39 Å². The van der Waals surface area contributed by atoms with E-state index in [1.807, 2.05) is 43.0 Å². The van der Waals surface area contributed by atoms with Gasteiger partial charge in [-0.2, -0.15) is 0 Å². The molecule has 1 aliphatic heterocycles. The Morgan fingerprint density at radius 1 is 1.12 bits per heavy atom. The summed E-state index contributed by atoms with van der Waals surface area (Å²) in [6.07, 6.45) is 0.901. The second-order valence-electron chi connectivity index (χ2n) is 6.69. The number of rotatable bonds is 2. The molecule has 0 radical (unpaired) electrons. The number of pyridine rings is 1. The molecule has 1 saturated heterocycles. The molecule has 4 rings (SSSR count). The van der Waals surface area contributed by atoms with Crippen LogP contribution >= 0.6 is 0 Å². The van der Waals surface area contributed by atoms with Crippen molar-refractivity contribution in [3.8, 4) is 0 Å². The summed E-state index contributed by atoms with van der Waals surface area (Å²) in [5.41, 5.74) is 4.45. The molecule has 1 unspecified atom stereocenters. The normalized spacial score (nSPS) is 16.8. The van der Waals surface area contributed by atoms with Crippen LogP contribution in [0.25, 0.3) is 10.9 Å². The van der Waals surface area contributed by atoms with Crippen LogP contribution in [0, 0.1) is 19.7 Å². The molecule has 3 nitrogen and oxygen atoms in total. The number of nitrogens with zero attached hydrogens (tertiary/aromatic N) is 2. The highest BCUT2D eigenvalue weighted by Crippen LogP contribution is 2.35. The third-order valence-electron chi connectivity index (χ3n) is 4.86. The van der Waals surface area contributed by atoms with Gasteiger partial charge in [-0.05, 0) is 56.2 Å². The van der Waals surface area contributed by atoms with Gasteiger partial charge in [0.05, 0.1) is 17.1 Å². The van der Waals surface area contributed by atoms with Gasteiger partial charge in [-0.25, -0.2) is 4.39 Å². The topological polar surface area (TPSA) is 33.2 Å². The van der Waals surface area contributed by atoms with Crippen LogP contribution < -0.4 is 0 Å². The SMILES string of the molecule is Cc1ccc2nc(C)cc(C(=O)N3CCC3c3ccc(F)cc3)c2c1. The van der Waals surface area contributed by atoms with Gasteiger partial charge in [0.1, 0.15) is 5.82 Å². The summed E-state index contributed by atoms with van der Waals surface area (Å²) >= 11 is 0. The van der Waals surface area contributed by atoms with Gasteiger partial charge in [0.15, 0.2) is 0 Å². The summed E-state index contributed by atoms with van der Waals surface area (Å²) < 4.78 is 13.2. The Morgan fingerprint density at radius 3 is 2.56 bits per heavy atom. The minimum atomic E-state index is -0.257. The highest BCUT2D eigenvalue weighted by Gasteiger charge is 2.34. The van der Waals surface area contributed by atoms with Crippen LogP contribution in [0.3, 0.4) is 0 Å². The zero-order valence-electron chi connectivity index (χ0n) is 14.3. The van der Waals surface area contributed by atoms with Gasteiger partial charge in [-0.3, -0.25) is 9.78 Å². The molecular weight excluding hydrogens is 315 g/mol. The minimum absolute atomic E-state index is 0.0152. The Morgan fingerprint density at radius 2 is 1.88 bits per heavy atom. The van der Waals surface area contributed by atoms with E-state index in [0.29, 0.717) is 5.56 Å². The van der Waals surface area contributed by atoms with Crippen molar-refractivity contribution in [2.75, 3.05) is 6.54 Å². The van der Waals surface area contributed by atoms with Crippen molar-refractivity contribution in [1.82, 2.24) is 9.88 Å². The van der Waals surface area contributed by atoms with Crippen molar-refractivity contribution in [2.24, 2.45) is 0 Å². The van der Waals surface area contributed by atoms with Crippen LogP contribution in [0.5, 0.6) is 0 Å². The molecule has 1 atom stereocenters. The summed E-state index contributed by atoms with van der Waals surface area (Å²) in [6.45, 7) is 4.64. The molecule has 1 aromatic heterocycles. The molecule has 0 saturated carbocycles. The van der Waals surface area contributed by atoms with E-state index in [2.05, 4.69) is 4.98 Å². The number of carbonyl (C=O) groups is 1. The maximum absolute atomic E-state index is 13.2. The molecule has 1 aliphatic rings. The smallest absolute Gasteiger partial charge is 0.255 e. The molecule has 0 N–H and O–H groups in total. The Balaban J connectivity index is 1.72. The number of aromatic nitrogens is 1. The second kappa shape index (κ2) is 5.96. The van der Waals surface area contributed by atoms with Crippen molar-refractivity contribution >= 4 is 16.8 Å². The summed E-state index contributed by atoms with van der Waals surface area (Å²) in [4.78, 5) is 19.6. The Hall–Kier alpha value is -2.75. The quantitative estimate of drug-likeness (QED) is 0.687. The van der Waals surface area contributed by atoms with Gasteiger partial charge in [0.25, 0.3) is 5.91 Å². The molecule has 25 heavy (non-hydrogen) atoms. The summed E-state index contributed by atoms with van der Waals surface area (Å²) in [6, 6.07) is 14.3. The van der Waals surface area contributed by atoms with Gasteiger partial charge < -0.3 is 4.90 Å². The van der Waals surface area contributed by atoms with E-state index in [4.69, 9.17) is 0 Å². The lowest BCUT2D eigenvalue weighted by molar-refractivity contribution is 0.0462. The molecule has 126 valence electrons. The molecular formula is C21H19FN2O. The average Bonchev–Trinajstić information content (AvgIpc) is 2.55. The molecule has 3 aromatic rings. The first-order valence-corrected chi connectivity index (χ1v) is 8.47. The van der Waals surface area contributed by atoms with Crippen molar-refractivity contribution in [1.29, 1.82) is 0 Å². The van der Waals surface area contributed by atoms with Crippen molar-refractivity contribution in [3.05, 3.63) is 76.7 Å². The average molecular weight is 334 g/mol. The third-order valence-corrected chi connectivity index (χ3v) is 4.86. The van der Waals surface area contributed by atoms with Crippen LogP contribution in [-0.4, -0.2) is 22.3 Å². The Kier molecular flexibility index (Phi) is 3.75. The number of amides is 1. The largest absolute Gasteiger partial charge is 0.331 e. The van der Waals surface area contributed by atoms with Gasteiger partial charge in [-0.1, -0.05) is 23.8 Å². The number of likely N-dealkylation sites (tertiary alicyclic amines) is 1. The molecule has 4 heteroatoms. The van der Waals surface area contributed by atoms with E-state index in [9.17, 15) is 9.18 Å². The first kappa shape index (κ1) is 15.8. The molecule has 2 aromatic carbocycles. The third kappa shape index (κ3) is 2.78. The Labute approximate surface area is 146 Å². The van der Waals surface area contributed by atoms with E-state index in [0.717, 1.165) is 40.7 Å². The summed E-state index contributed by atoms with van der Waals surface area (Å²) in [7, 11) is 0. The maximum Gasteiger partial charge on any atom is 0.255 e. The summed E-state index contributed by atoms with van der Waals surface area (Å²) in [5.74, 6) is -0.242. The minimum Gasteiger partial charge on any atom is -0.331 e. The number of aryl methyl sites for hydroxylation is 2. The van der Waals surface area contributed by atoms with E-state index >= 15 is 0 Å². The predicted octanol–water partition coefficient (Wildman–Crippen LogP) is 4.58. The van der Waals surface area contributed by atoms with Crippen LogP contribution in [0.15, 0.2) is 48.5 Å². The molecule has 0 aliphatic carbocycles. The van der Waals surface area contributed by atoms with E-state index < -0.39 is 0 Å². The van der Waals surface area contributed by atoms with Crippen LogP contribution in [0.2, 0.25) is 0 Å². The van der Waals surface area contributed by atoms with E-state index in [-0.39, 0.29) is 17.8 Å². The highest BCUT2D eigenvalue weighted by atomic mass is 19.1. The number of hydrogen-bond donors (Lipinski definition) is 0. The van der Waals surface area contributed by atoms with Crippen molar-refractivity contribution in [2.45, 2.75) is 26.3 Å². The lowest BCUT2D eigenvalue weighted by Crippen LogP contribution is -2.45. The zero-order valence-corrected chi connectivity index (χ0v) is 14.3. The van der Waals surface area contributed by atoms with E-state index in [1.165, 1.54) is 12.1 Å². The fourth-order valence-electron chi connectivity index (χ4n) is 3.47. The van der Waals surface area contributed by atoms with E-state index in [1.54, 1.807) is 12.1 Å². The van der Waals surface area contributed by atoms with Gasteiger partial charge in [-0.15, -0.1) is 0 Å². The predicted molar refractivity (Wildman–Crippen MR) is 96.0 cm³/mol. The van der Waals surface area contributed by atoms with Crippen LogP contribution in [-0.2, 0) is 0 Å². The molecule has 0 spiro atoms. The number of halogens is 1.